The molecule has 0 aliphatic carbocycles. The van der Waals surface area contributed by atoms with Crippen molar-refractivity contribution in [2.24, 2.45) is 0 Å². The van der Waals surface area contributed by atoms with Gasteiger partial charge in [0, 0.05) is 17.8 Å². The molecule has 1 aromatic heterocycles. The van der Waals surface area contributed by atoms with Crippen LogP contribution in [0, 0.1) is 13.8 Å². The van der Waals surface area contributed by atoms with Gasteiger partial charge in [0.05, 0.1) is 6.10 Å². The first kappa shape index (κ1) is 25.5. The average molecular weight is 405 g/mol. The predicted octanol–water partition coefficient (Wildman–Crippen LogP) is 6.57. The van der Waals surface area contributed by atoms with Crippen LogP contribution >= 0.6 is 0 Å². The van der Waals surface area contributed by atoms with Crippen LogP contribution in [0.4, 0.5) is 0 Å². The van der Waals surface area contributed by atoms with Crippen LogP contribution in [0.5, 0.6) is 0 Å². The third kappa shape index (κ3) is 12.6. The standard InChI is InChI=1S/C25H44N2O2/c1-4-5-6-14-17-24(28)18-15-12-10-8-7-9-11-13-16-19-25(29)26-27-22(2)20-21-23(27)3/h12,15,20-21,24,28H,4-11,13-14,16-19H2,1-3H3,(H,26,29)/b15-12+. The first-order chi connectivity index (χ1) is 14.0. The van der Waals surface area contributed by atoms with Gasteiger partial charge in [-0.05, 0) is 58.1 Å². The van der Waals surface area contributed by atoms with E-state index in [1.165, 1.54) is 44.9 Å². The molecule has 0 saturated carbocycles. The molecule has 1 atom stereocenters. The summed E-state index contributed by atoms with van der Waals surface area (Å²) in [6, 6.07) is 4.03. The highest BCUT2D eigenvalue weighted by Gasteiger charge is 2.05. The molecule has 166 valence electrons. The Morgan fingerprint density at radius 2 is 1.59 bits per heavy atom. The molecule has 0 bridgehead atoms. The second-order valence-corrected chi connectivity index (χ2v) is 8.36. The van der Waals surface area contributed by atoms with Crippen molar-refractivity contribution in [3.63, 3.8) is 0 Å². The van der Waals surface area contributed by atoms with Crippen molar-refractivity contribution in [2.45, 2.75) is 117 Å². The van der Waals surface area contributed by atoms with Crippen LogP contribution in [-0.2, 0) is 4.79 Å². The summed E-state index contributed by atoms with van der Waals surface area (Å²) in [5.41, 5.74) is 5.09. The van der Waals surface area contributed by atoms with Gasteiger partial charge in [0.25, 0.3) is 0 Å². The van der Waals surface area contributed by atoms with Crippen LogP contribution in [0.2, 0.25) is 0 Å². The lowest BCUT2D eigenvalue weighted by atomic mass is 10.1. The van der Waals surface area contributed by atoms with Gasteiger partial charge in [-0.1, -0.05) is 70.4 Å². The van der Waals surface area contributed by atoms with Crippen molar-refractivity contribution in [2.75, 3.05) is 5.43 Å². The Labute approximate surface area is 178 Å². The molecule has 1 rings (SSSR count). The molecule has 0 radical (unpaired) electrons. The van der Waals surface area contributed by atoms with Gasteiger partial charge in [-0.15, -0.1) is 0 Å². The fourth-order valence-electron chi connectivity index (χ4n) is 3.58. The number of nitrogens with zero attached hydrogens (tertiary/aromatic N) is 1. The minimum absolute atomic E-state index is 0.102. The van der Waals surface area contributed by atoms with E-state index in [2.05, 4.69) is 24.5 Å². The first-order valence-electron chi connectivity index (χ1n) is 11.8. The number of hydrogen-bond acceptors (Lipinski definition) is 2. The molecule has 0 spiro atoms. The highest BCUT2D eigenvalue weighted by Crippen LogP contribution is 2.11. The van der Waals surface area contributed by atoms with Gasteiger partial charge in [-0.3, -0.25) is 14.9 Å². The van der Waals surface area contributed by atoms with Gasteiger partial charge < -0.3 is 5.11 Å². The third-order valence-electron chi connectivity index (χ3n) is 5.50. The molecule has 29 heavy (non-hydrogen) atoms. The minimum Gasteiger partial charge on any atom is -0.393 e. The van der Waals surface area contributed by atoms with Crippen molar-refractivity contribution in [1.29, 1.82) is 0 Å². The van der Waals surface area contributed by atoms with E-state index in [4.69, 9.17) is 0 Å². The molecule has 4 heteroatoms. The number of nitrogens with one attached hydrogen (secondary N) is 1. The van der Waals surface area contributed by atoms with E-state index in [1.807, 2.05) is 30.7 Å². The molecule has 1 aromatic rings. The molecule has 0 aliphatic heterocycles. The van der Waals surface area contributed by atoms with Gasteiger partial charge >= 0.3 is 0 Å². The fourth-order valence-corrected chi connectivity index (χ4v) is 3.58. The summed E-state index contributed by atoms with van der Waals surface area (Å²) in [7, 11) is 0. The van der Waals surface area contributed by atoms with Crippen LogP contribution < -0.4 is 5.43 Å². The van der Waals surface area contributed by atoms with Gasteiger partial charge in [-0.2, -0.15) is 0 Å². The molecule has 1 unspecified atom stereocenters. The normalized spacial score (nSPS) is 12.6. The molecule has 0 aliphatic rings. The molecule has 1 heterocycles. The van der Waals surface area contributed by atoms with Gasteiger partial charge in [0.1, 0.15) is 0 Å². The maximum absolute atomic E-state index is 12.0. The Hall–Kier alpha value is -1.55. The average Bonchev–Trinajstić information content (AvgIpc) is 3.01. The number of aromatic nitrogens is 1. The molecule has 0 saturated heterocycles. The van der Waals surface area contributed by atoms with Crippen LogP contribution in [0.1, 0.15) is 108 Å². The summed E-state index contributed by atoms with van der Waals surface area (Å²) >= 11 is 0. The fraction of sp³-hybridized carbons (Fsp3) is 0.720. The van der Waals surface area contributed by atoms with E-state index >= 15 is 0 Å². The van der Waals surface area contributed by atoms with Crippen LogP contribution in [0.25, 0.3) is 0 Å². The van der Waals surface area contributed by atoms with Crippen molar-refractivity contribution in [3.05, 3.63) is 35.7 Å². The van der Waals surface area contributed by atoms with Crippen molar-refractivity contribution >= 4 is 5.91 Å². The summed E-state index contributed by atoms with van der Waals surface area (Å²) in [4.78, 5) is 12.0. The second-order valence-electron chi connectivity index (χ2n) is 8.36. The zero-order chi connectivity index (χ0) is 21.3. The number of aliphatic hydroxyl groups excluding tert-OH is 1. The number of unbranched alkanes of at least 4 members (excludes halogenated alkanes) is 9. The van der Waals surface area contributed by atoms with Gasteiger partial charge in [0.2, 0.25) is 5.91 Å². The number of amides is 1. The second kappa shape index (κ2) is 16.3. The van der Waals surface area contributed by atoms with E-state index in [1.54, 1.807) is 0 Å². The summed E-state index contributed by atoms with van der Waals surface area (Å²) in [6.07, 6.45) is 19.6. The Morgan fingerprint density at radius 3 is 2.28 bits per heavy atom. The highest BCUT2D eigenvalue weighted by molar-refractivity contribution is 5.83. The van der Waals surface area contributed by atoms with Crippen LogP contribution in [0.3, 0.4) is 0 Å². The van der Waals surface area contributed by atoms with E-state index in [0.29, 0.717) is 6.42 Å². The van der Waals surface area contributed by atoms with Gasteiger partial charge in [0.15, 0.2) is 0 Å². The molecule has 2 N–H and O–H groups in total. The molecule has 0 fully saturated rings. The lowest BCUT2D eigenvalue weighted by molar-refractivity contribution is -0.117. The van der Waals surface area contributed by atoms with Crippen LogP contribution in [-0.4, -0.2) is 21.8 Å². The highest BCUT2D eigenvalue weighted by atomic mass is 16.3. The number of carbonyl (C=O) groups is 1. The Kier molecular flexibility index (Phi) is 14.3. The number of carbonyl (C=O) groups excluding carboxylic acids is 1. The summed E-state index contributed by atoms with van der Waals surface area (Å²) in [5.74, 6) is 0.102. The summed E-state index contributed by atoms with van der Waals surface area (Å²) in [6.45, 7) is 6.21. The number of allylic oxidation sites excluding steroid dienone is 1. The Bertz CT molecular complexity index is 558. The topological polar surface area (TPSA) is 54.3 Å². The Morgan fingerprint density at radius 1 is 0.966 bits per heavy atom. The number of aliphatic hydroxyl groups is 1. The quantitative estimate of drug-likeness (QED) is 0.228. The largest absolute Gasteiger partial charge is 0.393 e. The SMILES string of the molecule is CCCCCCC(O)C/C=C/CCCCCCCCC(=O)Nn1c(C)ccc1C. The molecular weight excluding hydrogens is 360 g/mol. The molecule has 0 aromatic carbocycles. The van der Waals surface area contributed by atoms with E-state index in [9.17, 15) is 9.90 Å². The maximum atomic E-state index is 12.0. The van der Waals surface area contributed by atoms with E-state index in [-0.39, 0.29) is 12.0 Å². The van der Waals surface area contributed by atoms with Gasteiger partial charge in [-0.25, -0.2) is 0 Å². The molecule has 4 nitrogen and oxygen atoms in total. The maximum Gasteiger partial charge on any atom is 0.238 e. The Balaban J connectivity index is 1.91. The van der Waals surface area contributed by atoms with E-state index in [0.717, 1.165) is 49.9 Å². The lowest BCUT2D eigenvalue weighted by Gasteiger charge is -2.11. The smallest absolute Gasteiger partial charge is 0.238 e. The predicted molar refractivity (Wildman–Crippen MR) is 124 cm³/mol. The first-order valence-corrected chi connectivity index (χ1v) is 11.8. The molecular formula is C25H44N2O2. The molecule has 1 amide bonds. The van der Waals surface area contributed by atoms with Crippen molar-refractivity contribution in [1.82, 2.24) is 4.68 Å². The summed E-state index contributed by atoms with van der Waals surface area (Å²) < 4.78 is 1.86. The zero-order valence-electron chi connectivity index (χ0n) is 19.1. The van der Waals surface area contributed by atoms with Crippen molar-refractivity contribution in [3.8, 4) is 0 Å². The minimum atomic E-state index is -0.161. The number of aryl methyl sites for hydroxylation is 2. The van der Waals surface area contributed by atoms with E-state index < -0.39 is 0 Å². The van der Waals surface area contributed by atoms with Crippen LogP contribution in [0.15, 0.2) is 24.3 Å². The zero-order valence-corrected chi connectivity index (χ0v) is 19.1. The summed E-state index contributed by atoms with van der Waals surface area (Å²) in [5, 5.41) is 9.93. The lowest BCUT2D eigenvalue weighted by Crippen LogP contribution is -2.24. The number of rotatable bonds is 17. The monoisotopic (exact) mass is 404 g/mol. The number of hydrogen-bond donors (Lipinski definition) is 2. The third-order valence-corrected chi connectivity index (χ3v) is 5.50. The van der Waals surface area contributed by atoms with Crippen molar-refractivity contribution < 1.29 is 9.90 Å².